The molecule has 3 N–H and O–H groups in total. The lowest BCUT2D eigenvalue weighted by molar-refractivity contribution is 0.0945. The van der Waals surface area contributed by atoms with Gasteiger partial charge in [0.25, 0.3) is 11.8 Å². The third-order valence-electron chi connectivity index (χ3n) is 17.3. The van der Waals surface area contributed by atoms with Gasteiger partial charge in [0.15, 0.2) is 23.0 Å². The summed E-state index contributed by atoms with van der Waals surface area (Å²) in [6.07, 6.45) is 54.8. The molecular formula is C77H138N4O7. The number of benzene rings is 2. The minimum absolute atomic E-state index is 0.0277. The van der Waals surface area contributed by atoms with E-state index in [-0.39, 0.29) is 23.9 Å². The number of nitrogens with zero attached hydrogens (tertiary/aromatic N) is 1. The monoisotopic (exact) mass is 1230 g/mol. The molecule has 508 valence electrons. The molecule has 0 fully saturated rings. The van der Waals surface area contributed by atoms with Gasteiger partial charge in [-0.25, -0.2) is 4.79 Å². The molecule has 0 saturated heterocycles. The van der Waals surface area contributed by atoms with Crippen LogP contribution in [-0.2, 0) is 0 Å². The van der Waals surface area contributed by atoms with Crippen LogP contribution in [-0.4, -0.2) is 81.4 Å². The highest BCUT2D eigenvalue weighted by atomic mass is 16.5. The average Bonchev–Trinajstić information content (AvgIpc) is 3.64. The fraction of sp³-hybridized carbons (Fsp3) is 0.805. The smallest absolute Gasteiger partial charge is 0.317 e. The van der Waals surface area contributed by atoms with Crippen molar-refractivity contribution in [2.24, 2.45) is 5.92 Å². The van der Waals surface area contributed by atoms with E-state index in [9.17, 15) is 14.4 Å². The summed E-state index contributed by atoms with van der Waals surface area (Å²) in [6, 6.07) is 11.0. The molecule has 4 amide bonds. The number of ether oxygens (including phenoxy) is 4. The number of hydrogen-bond acceptors (Lipinski definition) is 7. The van der Waals surface area contributed by atoms with Crippen LogP contribution in [0.25, 0.3) is 0 Å². The molecule has 0 spiro atoms. The number of amides is 4. The molecule has 0 saturated carbocycles. The molecule has 2 aromatic rings. The molecule has 2 aromatic carbocycles. The van der Waals surface area contributed by atoms with Crippen LogP contribution < -0.4 is 34.9 Å². The molecule has 1 atom stereocenters. The Balaban J connectivity index is 2.05. The van der Waals surface area contributed by atoms with Gasteiger partial charge in [0.2, 0.25) is 0 Å². The van der Waals surface area contributed by atoms with Crippen molar-refractivity contribution < 1.29 is 33.3 Å². The molecule has 0 heterocycles. The van der Waals surface area contributed by atoms with Crippen LogP contribution >= 0.6 is 0 Å². The number of hydrogen-bond donors (Lipinski definition) is 3. The third kappa shape index (κ3) is 44.3. The van der Waals surface area contributed by atoms with Crippen LogP contribution in [0, 0.1) is 5.92 Å². The van der Waals surface area contributed by atoms with Gasteiger partial charge in [-0.15, -0.1) is 0 Å². The molecule has 0 radical (unpaired) electrons. The summed E-state index contributed by atoms with van der Waals surface area (Å²) >= 11 is 0. The highest BCUT2D eigenvalue weighted by Gasteiger charge is 2.19. The Kier molecular flexibility index (Phi) is 52.7. The van der Waals surface area contributed by atoms with Crippen LogP contribution in [0.15, 0.2) is 36.4 Å². The fourth-order valence-electron chi connectivity index (χ4n) is 11.5. The van der Waals surface area contributed by atoms with E-state index in [4.69, 9.17) is 18.9 Å². The maximum atomic E-state index is 13.9. The predicted molar refractivity (Wildman–Crippen MR) is 374 cm³/mol. The zero-order valence-corrected chi connectivity index (χ0v) is 58.4. The van der Waals surface area contributed by atoms with Crippen molar-refractivity contribution in [3.63, 3.8) is 0 Å². The normalized spacial score (nSPS) is 11.7. The van der Waals surface area contributed by atoms with Crippen molar-refractivity contribution in [3.05, 3.63) is 47.5 Å². The van der Waals surface area contributed by atoms with E-state index in [1.807, 2.05) is 41.3 Å². The first kappa shape index (κ1) is 79.9. The second kappa shape index (κ2) is 58.0. The van der Waals surface area contributed by atoms with Crippen LogP contribution in [0.4, 0.5) is 4.79 Å². The zero-order chi connectivity index (χ0) is 63.6. The fourth-order valence-corrected chi connectivity index (χ4v) is 11.5. The molecule has 88 heavy (non-hydrogen) atoms. The molecule has 0 aromatic heterocycles. The summed E-state index contributed by atoms with van der Waals surface area (Å²) in [5.74, 6) is 2.91. The third-order valence-corrected chi connectivity index (χ3v) is 17.3. The number of carbonyl (C=O) groups is 3. The van der Waals surface area contributed by atoms with Gasteiger partial charge in [-0.2, -0.15) is 0 Å². The van der Waals surface area contributed by atoms with E-state index in [2.05, 4.69) is 64.4 Å². The number of rotatable bonds is 63. The Hall–Kier alpha value is -4.15. The van der Waals surface area contributed by atoms with Gasteiger partial charge in [-0.3, -0.25) is 9.59 Å². The van der Waals surface area contributed by atoms with Crippen LogP contribution in [0.1, 0.15) is 358 Å². The molecular weight excluding hydrogens is 1090 g/mol. The number of urea groups is 1. The van der Waals surface area contributed by atoms with E-state index in [1.165, 1.54) is 205 Å². The first-order valence-electron chi connectivity index (χ1n) is 37.5. The first-order valence-corrected chi connectivity index (χ1v) is 37.5. The molecule has 2 rings (SSSR count). The largest absolute Gasteiger partial charge is 0.490 e. The molecule has 11 heteroatoms. The molecule has 0 bridgehead atoms. The summed E-state index contributed by atoms with van der Waals surface area (Å²) in [5.41, 5.74) is 1.06. The second-order valence-corrected chi connectivity index (χ2v) is 26.3. The lowest BCUT2D eigenvalue weighted by Gasteiger charge is -2.26. The molecule has 1 unspecified atom stereocenters. The van der Waals surface area contributed by atoms with Crippen molar-refractivity contribution in [3.8, 4) is 23.0 Å². The lowest BCUT2D eigenvalue weighted by Crippen LogP contribution is -2.45. The van der Waals surface area contributed by atoms with E-state index >= 15 is 0 Å². The molecule has 11 nitrogen and oxygen atoms in total. The van der Waals surface area contributed by atoms with Crippen molar-refractivity contribution in [2.75, 3.05) is 52.6 Å². The van der Waals surface area contributed by atoms with Crippen LogP contribution in [0.5, 0.6) is 23.0 Å². The SMILES string of the molecule is CCCCCCCCCCCCOc1ccc(C(=O)NCCCN(CCCNC(=O)c2ccc(OCCCCCCCCCCCC)c(OCCCCCCCCCCCC)c2)C(=O)NC(C)CCCC(C)C)cc1OCCCCCCCCCCCC. The molecule has 0 aliphatic heterocycles. The van der Waals surface area contributed by atoms with Crippen molar-refractivity contribution in [1.82, 2.24) is 20.9 Å². The highest BCUT2D eigenvalue weighted by molar-refractivity contribution is 5.95. The Bertz CT molecular complexity index is 1830. The summed E-state index contributed by atoms with van der Waals surface area (Å²) in [6.45, 7) is 19.8. The van der Waals surface area contributed by atoms with Crippen molar-refractivity contribution in [1.29, 1.82) is 0 Å². The number of nitrogens with one attached hydrogen (secondary N) is 3. The minimum atomic E-state index is -0.177. The van der Waals surface area contributed by atoms with Crippen molar-refractivity contribution >= 4 is 17.8 Å². The summed E-state index contributed by atoms with van der Waals surface area (Å²) in [5, 5.41) is 9.49. The molecule has 0 aliphatic carbocycles. The zero-order valence-electron chi connectivity index (χ0n) is 58.4. The number of unbranched alkanes of at least 4 members (excludes halogenated alkanes) is 36. The Labute approximate surface area is 542 Å². The standard InChI is InChI=1S/C77H138N4O7/c1-8-12-16-20-24-28-32-36-40-44-61-85-71-55-53-69(65-73(71)87-63-46-42-38-34-30-26-22-18-14-10-3)75(82)78-57-49-59-81(77(84)80-68(7)52-48-51-67(5)6)60-50-58-79-76(83)70-54-56-72(86-62-45-41-37-33-29-25-21-17-13-9-2)74(66-70)88-64-47-43-39-35-31-27-23-19-15-11-4/h53-56,65-68H,8-52,57-64H2,1-7H3,(H,78,82)(H,79,83)(H,80,84). The van der Waals surface area contributed by atoms with Crippen LogP contribution in [0.3, 0.4) is 0 Å². The van der Waals surface area contributed by atoms with E-state index in [1.54, 1.807) is 0 Å². The van der Waals surface area contributed by atoms with Gasteiger partial charge < -0.3 is 39.8 Å². The Morgan fingerprint density at radius 2 is 0.636 bits per heavy atom. The van der Waals surface area contributed by atoms with Crippen LogP contribution in [0.2, 0.25) is 0 Å². The van der Waals surface area contributed by atoms with E-state index in [0.29, 0.717) is 105 Å². The van der Waals surface area contributed by atoms with Crippen molar-refractivity contribution in [2.45, 2.75) is 343 Å². The second-order valence-electron chi connectivity index (χ2n) is 26.3. The van der Waals surface area contributed by atoms with Gasteiger partial charge >= 0.3 is 6.03 Å². The van der Waals surface area contributed by atoms with E-state index in [0.717, 1.165) is 70.6 Å². The Morgan fingerprint density at radius 1 is 0.352 bits per heavy atom. The maximum Gasteiger partial charge on any atom is 0.317 e. The highest BCUT2D eigenvalue weighted by Crippen LogP contribution is 2.31. The van der Waals surface area contributed by atoms with E-state index < -0.39 is 0 Å². The first-order chi connectivity index (χ1) is 43.1. The summed E-state index contributed by atoms with van der Waals surface area (Å²) in [4.78, 5) is 43.2. The van der Waals surface area contributed by atoms with Gasteiger partial charge in [-0.05, 0) is 94.2 Å². The quantitative estimate of drug-likeness (QED) is 0.0563. The summed E-state index contributed by atoms with van der Waals surface area (Å²) < 4.78 is 25.4. The molecule has 0 aliphatic rings. The average molecular weight is 1230 g/mol. The topological polar surface area (TPSA) is 127 Å². The van der Waals surface area contributed by atoms with Gasteiger partial charge in [-0.1, -0.05) is 286 Å². The Morgan fingerprint density at radius 3 is 0.932 bits per heavy atom. The number of carbonyl (C=O) groups excluding carboxylic acids is 3. The van der Waals surface area contributed by atoms with Gasteiger partial charge in [0, 0.05) is 43.3 Å². The predicted octanol–water partition coefficient (Wildman–Crippen LogP) is 22.1. The van der Waals surface area contributed by atoms with Gasteiger partial charge in [0.05, 0.1) is 26.4 Å². The summed E-state index contributed by atoms with van der Waals surface area (Å²) in [7, 11) is 0. The van der Waals surface area contributed by atoms with Gasteiger partial charge in [0.1, 0.15) is 0 Å². The minimum Gasteiger partial charge on any atom is -0.490 e. The maximum absolute atomic E-state index is 13.9. The lowest BCUT2D eigenvalue weighted by atomic mass is 10.0.